The van der Waals surface area contributed by atoms with Crippen LogP contribution in [0.3, 0.4) is 0 Å². The normalized spacial score (nSPS) is 11.3. The highest BCUT2D eigenvalue weighted by Crippen LogP contribution is 2.27. The van der Waals surface area contributed by atoms with Gasteiger partial charge in [-0.15, -0.1) is 0 Å². The van der Waals surface area contributed by atoms with Gasteiger partial charge in [-0.1, -0.05) is 53.6 Å². The molecule has 5 nitrogen and oxygen atoms in total. The number of aryl methyl sites for hydroxylation is 2. The Kier molecular flexibility index (Phi) is 8.46. The van der Waals surface area contributed by atoms with Crippen molar-refractivity contribution in [2.45, 2.75) is 31.4 Å². The molecule has 0 radical (unpaired) electrons. The standard InChI is InChI=1S/C25H27ClN2O3S2/c1-17-6-4-8-20(14-17)16-32-13-12-27-25(29)21-10-11-22(26)24(15-21)33(30,31)28-23-9-5-7-18(2)19(23)3/h4-11,14-15,28H,12-13,16H2,1-3H3,(H,27,29). The second kappa shape index (κ2) is 11.1. The number of anilines is 1. The zero-order valence-electron chi connectivity index (χ0n) is 18.8. The lowest BCUT2D eigenvalue weighted by Gasteiger charge is -2.14. The molecule has 1 amide bonds. The Bertz CT molecular complexity index is 1260. The van der Waals surface area contributed by atoms with E-state index in [4.69, 9.17) is 11.6 Å². The first-order valence-corrected chi connectivity index (χ1v) is 13.5. The number of hydrogen-bond donors (Lipinski definition) is 2. The van der Waals surface area contributed by atoms with E-state index in [1.165, 1.54) is 29.3 Å². The monoisotopic (exact) mass is 502 g/mol. The van der Waals surface area contributed by atoms with E-state index < -0.39 is 10.0 Å². The summed E-state index contributed by atoms with van der Waals surface area (Å²) in [6.07, 6.45) is 0. The summed E-state index contributed by atoms with van der Waals surface area (Å²) in [5.74, 6) is 1.27. The number of carbonyl (C=O) groups is 1. The first kappa shape index (κ1) is 25.1. The molecular weight excluding hydrogens is 476 g/mol. The molecule has 3 aromatic rings. The predicted octanol–water partition coefficient (Wildman–Crippen LogP) is 5.73. The van der Waals surface area contributed by atoms with Gasteiger partial charge in [0.15, 0.2) is 0 Å². The number of nitrogens with one attached hydrogen (secondary N) is 2. The van der Waals surface area contributed by atoms with Crippen LogP contribution in [0.25, 0.3) is 0 Å². The summed E-state index contributed by atoms with van der Waals surface area (Å²) in [5, 5.41) is 2.90. The van der Waals surface area contributed by atoms with Gasteiger partial charge in [0.05, 0.1) is 10.7 Å². The van der Waals surface area contributed by atoms with Crippen LogP contribution >= 0.6 is 23.4 Å². The van der Waals surface area contributed by atoms with Gasteiger partial charge in [0.25, 0.3) is 15.9 Å². The average Bonchev–Trinajstić information content (AvgIpc) is 2.76. The second-order valence-corrected chi connectivity index (χ2v) is 11.0. The Morgan fingerprint density at radius 1 is 1.00 bits per heavy atom. The van der Waals surface area contributed by atoms with Crippen LogP contribution in [0.2, 0.25) is 5.02 Å². The summed E-state index contributed by atoms with van der Waals surface area (Å²) in [7, 11) is -3.97. The first-order chi connectivity index (χ1) is 15.7. The Labute approximate surface area is 205 Å². The summed E-state index contributed by atoms with van der Waals surface area (Å²) < 4.78 is 28.6. The molecule has 0 unspecified atom stereocenters. The Morgan fingerprint density at radius 2 is 1.76 bits per heavy atom. The van der Waals surface area contributed by atoms with Crippen LogP contribution in [-0.4, -0.2) is 26.6 Å². The molecule has 174 valence electrons. The number of sulfonamides is 1. The second-order valence-electron chi connectivity index (χ2n) is 7.80. The van der Waals surface area contributed by atoms with E-state index in [0.717, 1.165) is 22.6 Å². The molecule has 0 bridgehead atoms. The van der Waals surface area contributed by atoms with Crippen molar-refractivity contribution in [3.8, 4) is 0 Å². The van der Waals surface area contributed by atoms with Crippen molar-refractivity contribution in [1.82, 2.24) is 5.32 Å². The Morgan fingerprint density at radius 3 is 2.52 bits per heavy atom. The van der Waals surface area contributed by atoms with Gasteiger partial charge in [-0.05, 0) is 61.7 Å². The lowest BCUT2D eigenvalue weighted by molar-refractivity contribution is 0.0956. The van der Waals surface area contributed by atoms with Gasteiger partial charge in [-0.25, -0.2) is 8.42 Å². The number of thioether (sulfide) groups is 1. The van der Waals surface area contributed by atoms with Crippen molar-refractivity contribution in [1.29, 1.82) is 0 Å². The third-order valence-electron chi connectivity index (χ3n) is 5.22. The van der Waals surface area contributed by atoms with Gasteiger partial charge in [0.1, 0.15) is 4.90 Å². The van der Waals surface area contributed by atoms with Crippen LogP contribution in [0.5, 0.6) is 0 Å². The number of carbonyl (C=O) groups excluding carboxylic acids is 1. The van der Waals surface area contributed by atoms with Gasteiger partial charge in [-0.3, -0.25) is 9.52 Å². The fourth-order valence-electron chi connectivity index (χ4n) is 3.24. The van der Waals surface area contributed by atoms with E-state index in [9.17, 15) is 13.2 Å². The first-order valence-electron chi connectivity index (χ1n) is 10.5. The molecule has 0 aliphatic rings. The molecule has 0 aromatic heterocycles. The number of hydrogen-bond acceptors (Lipinski definition) is 4. The molecule has 0 saturated heterocycles. The predicted molar refractivity (Wildman–Crippen MR) is 138 cm³/mol. The third kappa shape index (κ3) is 6.76. The molecule has 0 atom stereocenters. The van der Waals surface area contributed by atoms with Gasteiger partial charge < -0.3 is 5.32 Å². The quantitative estimate of drug-likeness (QED) is 0.366. The summed E-state index contributed by atoms with van der Waals surface area (Å²) >= 11 is 7.91. The highest BCUT2D eigenvalue weighted by atomic mass is 35.5. The minimum atomic E-state index is -3.97. The van der Waals surface area contributed by atoms with Crippen LogP contribution in [-0.2, 0) is 15.8 Å². The molecule has 0 aliphatic heterocycles. The maximum atomic E-state index is 13.0. The highest BCUT2D eigenvalue weighted by molar-refractivity contribution is 7.98. The van der Waals surface area contributed by atoms with Crippen LogP contribution in [0.4, 0.5) is 5.69 Å². The largest absolute Gasteiger partial charge is 0.351 e. The van der Waals surface area contributed by atoms with Crippen LogP contribution in [0.1, 0.15) is 32.6 Å². The zero-order chi connectivity index (χ0) is 24.0. The Hall–Kier alpha value is -2.48. The van der Waals surface area contributed by atoms with Crippen LogP contribution < -0.4 is 10.0 Å². The lowest BCUT2D eigenvalue weighted by atomic mass is 10.1. The molecule has 3 aromatic carbocycles. The molecule has 0 saturated carbocycles. The zero-order valence-corrected chi connectivity index (χ0v) is 21.2. The summed E-state index contributed by atoms with van der Waals surface area (Å²) in [4.78, 5) is 12.5. The number of benzene rings is 3. The SMILES string of the molecule is Cc1cccc(CSCCNC(=O)c2ccc(Cl)c(S(=O)(=O)Nc3cccc(C)c3C)c2)c1. The molecule has 33 heavy (non-hydrogen) atoms. The number of amides is 1. The van der Waals surface area contributed by atoms with Gasteiger partial charge in [-0.2, -0.15) is 11.8 Å². The topological polar surface area (TPSA) is 75.3 Å². The minimum Gasteiger partial charge on any atom is -0.351 e. The lowest BCUT2D eigenvalue weighted by Crippen LogP contribution is -2.26. The molecule has 0 fully saturated rings. The Balaban J connectivity index is 1.62. The van der Waals surface area contributed by atoms with E-state index in [1.54, 1.807) is 23.9 Å². The minimum absolute atomic E-state index is 0.0538. The molecule has 0 heterocycles. The van der Waals surface area contributed by atoms with Gasteiger partial charge in [0.2, 0.25) is 0 Å². The van der Waals surface area contributed by atoms with Crippen molar-refractivity contribution in [2.24, 2.45) is 0 Å². The molecule has 2 N–H and O–H groups in total. The van der Waals surface area contributed by atoms with Gasteiger partial charge >= 0.3 is 0 Å². The molecule has 0 spiro atoms. The van der Waals surface area contributed by atoms with E-state index in [2.05, 4.69) is 35.2 Å². The van der Waals surface area contributed by atoms with Crippen molar-refractivity contribution in [3.05, 3.63) is 93.5 Å². The van der Waals surface area contributed by atoms with Crippen molar-refractivity contribution >= 4 is 45.0 Å². The molecule has 3 rings (SSSR count). The number of rotatable bonds is 9. The van der Waals surface area contributed by atoms with E-state index >= 15 is 0 Å². The fraction of sp³-hybridized carbons (Fsp3) is 0.240. The van der Waals surface area contributed by atoms with Crippen molar-refractivity contribution in [2.75, 3.05) is 17.0 Å². The van der Waals surface area contributed by atoms with Crippen LogP contribution in [0, 0.1) is 20.8 Å². The molecule has 8 heteroatoms. The van der Waals surface area contributed by atoms with Crippen LogP contribution in [0.15, 0.2) is 65.6 Å². The van der Waals surface area contributed by atoms with E-state index in [1.807, 2.05) is 26.0 Å². The van der Waals surface area contributed by atoms with Crippen molar-refractivity contribution in [3.63, 3.8) is 0 Å². The third-order valence-corrected chi connectivity index (χ3v) is 8.09. The highest BCUT2D eigenvalue weighted by Gasteiger charge is 2.21. The number of halogens is 1. The average molecular weight is 503 g/mol. The van der Waals surface area contributed by atoms with Gasteiger partial charge in [0, 0.05) is 23.6 Å². The fourth-order valence-corrected chi connectivity index (χ4v) is 5.70. The van der Waals surface area contributed by atoms with Crippen molar-refractivity contribution < 1.29 is 13.2 Å². The maximum absolute atomic E-state index is 13.0. The maximum Gasteiger partial charge on any atom is 0.263 e. The molecular formula is C25H27ClN2O3S2. The van der Waals surface area contributed by atoms with E-state index in [0.29, 0.717) is 12.2 Å². The van der Waals surface area contributed by atoms with E-state index in [-0.39, 0.29) is 21.4 Å². The summed E-state index contributed by atoms with van der Waals surface area (Å²) in [6.45, 7) is 6.28. The summed E-state index contributed by atoms with van der Waals surface area (Å²) in [6, 6.07) is 18.0. The molecule has 0 aliphatic carbocycles. The smallest absolute Gasteiger partial charge is 0.263 e. The summed E-state index contributed by atoms with van der Waals surface area (Å²) in [5.41, 5.74) is 4.98.